The SMILES string of the molecule is CN(Cc1nc(C2CCN(S(C)(=O)=O)CC2)no1)C(=O)COc1ccc(F)cc1. The molecule has 0 atom stereocenters. The lowest BCUT2D eigenvalue weighted by Crippen LogP contribution is -2.37. The van der Waals surface area contributed by atoms with Crippen molar-refractivity contribution in [3.05, 3.63) is 41.8 Å². The van der Waals surface area contributed by atoms with Gasteiger partial charge in [-0.05, 0) is 37.1 Å². The van der Waals surface area contributed by atoms with E-state index in [1.807, 2.05) is 0 Å². The number of rotatable bonds is 7. The first-order valence-electron chi connectivity index (χ1n) is 9.12. The van der Waals surface area contributed by atoms with Crippen molar-refractivity contribution in [2.24, 2.45) is 0 Å². The average molecular weight is 426 g/mol. The normalized spacial score (nSPS) is 16.0. The monoisotopic (exact) mass is 426 g/mol. The van der Waals surface area contributed by atoms with Gasteiger partial charge >= 0.3 is 0 Å². The highest BCUT2D eigenvalue weighted by Gasteiger charge is 2.28. The lowest BCUT2D eigenvalue weighted by atomic mass is 9.98. The molecule has 1 fully saturated rings. The molecule has 0 spiro atoms. The molecule has 0 N–H and O–H groups in total. The first-order chi connectivity index (χ1) is 13.7. The second-order valence-corrected chi connectivity index (χ2v) is 8.96. The van der Waals surface area contributed by atoms with Crippen LogP contribution in [0.2, 0.25) is 0 Å². The molecule has 0 unspecified atom stereocenters. The smallest absolute Gasteiger partial charge is 0.260 e. The molecule has 11 heteroatoms. The van der Waals surface area contributed by atoms with Gasteiger partial charge in [-0.2, -0.15) is 4.98 Å². The van der Waals surface area contributed by atoms with Crippen molar-refractivity contribution >= 4 is 15.9 Å². The zero-order chi connectivity index (χ0) is 21.0. The van der Waals surface area contributed by atoms with E-state index < -0.39 is 10.0 Å². The minimum Gasteiger partial charge on any atom is -0.484 e. The van der Waals surface area contributed by atoms with Crippen LogP contribution >= 0.6 is 0 Å². The van der Waals surface area contributed by atoms with Crippen LogP contribution < -0.4 is 4.74 Å². The number of carbonyl (C=O) groups is 1. The predicted molar refractivity (Wildman–Crippen MR) is 101 cm³/mol. The van der Waals surface area contributed by atoms with Gasteiger partial charge in [0.15, 0.2) is 12.4 Å². The summed E-state index contributed by atoms with van der Waals surface area (Å²) in [5.41, 5.74) is 0. The third-order valence-corrected chi connectivity index (χ3v) is 6.05. The first kappa shape index (κ1) is 21.2. The van der Waals surface area contributed by atoms with E-state index in [-0.39, 0.29) is 30.8 Å². The van der Waals surface area contributed by atoms with E-state index in [2.05, 4.69) is 10.1 Å². The number of nitrogens with zero attached hydrogens (tertiary/aromatic N) is 4. The number of benzene rings is 1. The quantitative estimate of drug-likeness (QED) is 0.659. The summed E-state index contributed by atoms with van der Waals surface area (Å²) in [5, 5.41) is 3.98. The minimum absolute atomic E-state index is 0.0216. The summed E-state index contributed by atoms with van der Waals surface area (Å²) >= 11 is 0. The molecule has 29 heavy (non-hydrogen) atoms. The number of ether oxygens (including phenoxy) is 1. The maximum absolute atomic E-state index is 12.9. The highest BCUT2D eigenvalue weighted by molar-refractivity contribution is 7.88. The van der Waals surface area contributed by atoms with Crippen LogP contribution in [0.4, 0.5) is 4.39 Å². The molecule has 0 saturated carbocycles. The van der Waals surface area contributed by atoms with Crippen molar-refractivity contribution in [2.75, 3.05) is 33.0 Å². The lowest BCUT2D eigenvalue weighted by molar-refractivity contribution is -0.132. The van der Waals surface area contributed by atoms with Gasteiger partial charge in [0.2, 0.25) is 15.9 Å². The van der Waals surface area contributed by atoms with Crippen molar-refractivity contribution in [1.82, 2.24) is 19.3 Å². The number of amides is 1. The molecule has 1 aromatic heterocycles. The highest BCUT2D eigenvalue weighted by atomic mass is 32.2. The predicted octanol–water partition coefficient (Wildman–Crippen LogP) is 1.39. The van der Waals surface area contributed by atoms with Crippen LogP contribution in [0.1, 0.15) is 30.5 Å². The summed E-state index contributed by atoms with van der Waals surface area (Å²) in [7, 11) is -1.60. The van der Waals surface area contributed by atoms with Gasteiger partial charge in [-0.3, -0.25) is 4.79 Å². The van der Waals surface area contributed by atoms with Crippen LogP contribution in [0.5, 0.6) is 5.75 Å². The van der Waals surface area contributed by atoms with Crippen molar-refractivity contribution < 1.29 is 26.9 Å². The number of carbonyl (C=O) groups excluding carboxylic acids is 1. The number of halogens is 1. The summed E-state index contributed by atoms with van der Waals surface area (Å²) < 4.78 is 48.1. The van der Waals surface area contributed by atoms with E-state index in [1.54, 1.807) is 7.05 Å². The third kappa shape index (κ3) is 5.73. The molecule has 0 radical (unpaired) electrons. The van der Waals surface area contributed by atoms with E-state index in [0.29, 0.717) is 43.4 Å². The Kier molecular flexibility index (Phi) is 6.48. The Labute approximate surface area is 168 Å². The van der Waals surface area contributed by atoms with E-state index >= 15 is 0 Å². The molecule has 1 aliphatic heterocycles. The standard InChI is InChI=1S/C18H23FN4O5S/c1-22(17(24)12-27-15-5-3-14(19)4-6-15)11-16-20-18(21-28-16)13-7-9-23(10-8-13)29(2,25)26/h3-6,13H,7-12H2,1-2H3. The maximum Gasteiger partial charge on any atom is 0.260 e. The topological polar surface area (TPSA) is 106 Å². The Morgan fingerprint density at radius 1 is 1.31 bits per heavy atom. The Hall–Kier alpha value is -2.53. The number of aromatic nitrogens is 2. The molecule has 158 valence electrons. The first-order valence-corrected chi connectivity index (χ1v) is 11.0. The number of likely N-dealkylation sites (N-methyl/N-ethyl adjacent to an activating group) is 1. The van der Waals surface area contributed by atoms with Gasteiger partial charge in [-0.25, -0.2) is 17.1 Å². The van der Waals surface area contributed by atoms with Crippen LogP contribution in [-0.2, 0) is 21.4 Å². The van der Waals surface area contributed by atoms with E-state index in [1.165, 1.54) is 39.7 Å². The van der Waals surface area contributed by atoms with E-state index in [0.717, 1.165) is 0 Å². The van der Waals surface area contributed by atoms with Gasteiger partial charge in [0.25, 0.3) is 5.91 Å². The van der Waals surface area contributed by atoms with Gasteiger partial charge in [0.1, 0.15) is 11.6 Å². The summed E-state index contributed by atoms with van der Waals surface area (Å²) in [6.07, 6.45) is 2.44. The van der Waals surface area contributed by atoms with Gasteiger partial charge in [-0.15, -0.1) is 0 Å². The summed E-state index contributed by atoms with van der Waals surface area (Å²) in [6.45, 7) is 0.771. The fraction of sp³-hybridized carbons (Fsp3) is 0.500. The Balaban J connectivity index is 1.49. The molecule has 3 rings (SSSR count). The molecule has 1 aromatic carbocycles. The van der Waals surface area contributed by atoms with Crippen molar-refractivity contribution in [1.29, 1.82) is 0 Å². The molecule has 0 aliphatic carbocycles. The molecule has 1 aliphatic rings. The summed E-state index contributed by atoms with van der Waals surface area (Å²) in [4.78, 5) is 17.9. The summed E-state index contributed by atoms with van der Waals surface area (Å²) in [5.74, 6) is 0.562. The highest BCUT2D eigenvalue weighted by Crippen LogP contribution is 2.27. The molecule has 2 aromatic rings. The lowest BCUT2D eigenvalue weighted by Gasteiger charge is -2.28. The van der Waals surface area contributed by atoms with E-state index in [9.17, 15) is 17.6 Å². The molecular formula is C18H23FN4O5S. The van der Waals surface area contributed by atoms with Crippen LogP contribution in [0.3, 0.4) is 0 Å². The molecule has 1 amide bonds. The van der Waals surface area contributed by atoms with Crippen LogP contribution in [0.15, 0.2) is 28.8 Å². The Morgan fingerprint density at radius 3 is 2.59 bits per heavy atom. The summed E-state index contributed by atoms with van der Waals surface area (Å²) in [6, 6.07) is 5.40. The zero-order valence-electron chi connectivity index (χ0n) is 16.2. The van der Waals surface area contributed by atoms with Gasteiger partial charge < -0.3 is 14.2 Å². The zero-order valence-corrected chi connectivity index (χ0v) is 17.1. The molecule has 2 heterocycles. The second-order valence-electron chi connectivity index (χ2n) is 6.98. The minimum atomic E-state index is -3.18. The largest absolute Gasteiger partial charge is 0.484 e. The molecule has 9 nitrogen and oxygen atoms in total. The van der Waals surface area contributed by atoms with Crippen molar-refractivity contribution in [2.45, 2.75) is 25.3 Å². The van der Waals surface area contributed by atoms with Crippen LogP contribution in [0, 0.1) is 5.82 Å². The number of piperidine rings is 1. The molecule has 1 saturated heterocycles. The Bertz CT molecular complexity index is 939. The van der Waals surface area contributed by atoms with Crippen LogP contribution in [0.25, 0.3) is 0 Å². The number of hydrogen-bond acceptors (Lipinski definition) is 7. The fourth-order valence-electron chi connectivity index (χ4n) is 3.02. The third-order valence-electron chi connectivity index (χ3n) is 4.75. The fourth-order valence-corrected chi connectivity index (χ4v) is 3.89. The Morgan fingerprint density at radius 2 is 1.97 bits per heavy atom. The van der Waals surface area contributed by atoms with Crippen molar-refractivity contribution in [3.8, 4) is 5.75 Å². The maximum atomic E-state index is 12.9. The molecule has 0 bridgehead atoms. The van der Waals surface area contributed by atoms with Crippen LogP contribution in [-0.4, -0.2) is 66.7 Å². The second kappa shape index (κ2) is 8.87. The van der Waals surface area contributed by atoms with E-state index in [4.69, 9.17) is 9.26 Å². The van der Waals surface area contributed by atoms with Gasteiger partial charge in [0, 0.05) is 26.1 Å². The average Bonchev–Trinajstić information content (AvgIpc) is 3.15. The molecular weight excluding hydrogens is 403 g/mol. The number of sulfonamides is 1. The number of hydrogen-bond donors (Lipinski definition) is 0. The van der Waals surface area contributed by atoms with Crippen molar-refractivity contribution in [3.63, 3.8) is 0 Å². The van der Waals surface area contributed by atoms with Gasteiger partial charge in [-0.1, -0.05) is 5.16 Å². The van der Waals surface area contributed by atoms with Gasteiger partial charge in [0.05, 0.1) is 12.8 Å².